The maximum absolute atomic E-state index is 10.7. The molecule has 2 heterocycles. The predicted molar refractivity (Wildman–Crippen MR) is 128 cm³/mol. The van der Waals surface area contributed by atoms with E-state index in [0.717, 1.165) is 37.5 Å². The Morgan fingerprint density at radius 3 is 2.34 bits per heavy atom. The van der Waals surface area contributed by atoms with E-state index in [2.05, 4.69) is 58.6 Å². The summed E-state index contributed by atoms with van der Waals surface area (Å²) in [5.41, 5.74) is 1.32. The fourth-order valence-electron chi connectivity index (χ4n) is 4.00. The molecule has 1 aromatic carbocycles. The number of benzene rings is 1. The summed E-state index contributed by atoms with van der Waals surface area (Å²) in [4.78, 5) is 7.13. The van der Waals surface area contributed by atoms with Gasteiger partial charge < -0.3 is 24.9 Å². The molecule has 1 fully saturated rings. The second-order valence-electron chi connectivity index (χ2n) is 9.00. The average molecular weight is 443 g/mol. The molecule has 7 heteroatoms. The minimum Gasteiger partial charge on any atom is -0.463 e. The third-order valence-electron chi connectivity index (χ3n) is 5.56. The highest BCUT2D eigenvalue weighted by Gasteiger charge is 2.27. The summed E-state index contributed by atoms with van der Waals surface area (Å²) in [6, 6.07) is 12.3. The summed E-state index contributed by atoms with van der Waals surface area (Å²) in [6.07, 6.45) is 0.559. The fraction of sp³-hybridized carbons (Fsp3) is 0.560. The largest absolute Gasteiger partial charge is 0.463 e. The number of hydrogen-bond donors (Lipinski definition) is 3. The highest BCUT2D eigenvalue weighted by atomic mass is 16.5. The number of aryl methyl sites for hydroxylation is 1. The van der Waals surface area contributed by atoms with Gasteiger partial charge in [-0.25, -0.2) is 4.99 Å². The van der Waals surface area contributed by atoms with Gasteiger partial charge in [0.05, 0.1) is 25.3 Å². The van der Waals surface area contributed by atoms with Gasteiger partial charge in [0, 0.05) is 26.2 Å². The van der Waals surface area contributed by atoms with Crippen molar-refractivity contribution in [2.75, 3.05) is 26.2 Å². The van der Waals surface area contributed by atoms with Crippen LogP contribution in [0.2, 0.25) is 0 Å². The van der Waals surface area contributed by atoms with E-state index < -0.39 is 5.60 Å². The molecule has 32 heavy (non-hydrogen) atoms. The molecule has 1 aliphatic heterocycles. The van der Waals surface area contributed by atoms with Crippen molar-refractivity contribution in [2.24, 2.45) is 4.99 Å². The molecule has 0 saturated carbocycles. The lowest BCUT2D eigenvalue weighted by Gasteiger charge is -2.35. The number of morpholine rings is 1. The third-order valence-corrected chi connectivity index (χ3v) is 5.56. The maximum Gasteiger partial charge on any atom is 0.191 e. The van der Waals surface area contributed by atoms with Crippen LogP contribution in [0.5, 0.6) is 0 Å². The molecule has 7 nitrogen and oxygen atoms in total. The van der Waals surface area contributed by atoms with Crippen molar-refractivity contribution in [2.45, 2.75) is 65.5 Å². The van der Waals surface area contributed by atoms with Crippen LogP contribution < -0.4 is 10.6 Å². The van der Waals surface area contributed by atoms with E-state index in [-0.39, 0.29) is 12.2 Å². The third kappa shape index (κ3) is 7.08. The summed E-state index contributed by atoms with van der Waals surface area (Å²) >= 11 is 0. The Hall–Kier alpha value is -2.35. The smallest absolute Gasteiger partial charge is 0.191 e. The topological polar surface area (TPSA) is 82.3 Å². The number of aliphatic hydroxyl groups is 1. The Labute approximate surface area is 191 Å². The van der Waals surface area contributed by atoms with E-state index in [0.29, 0.717) is 24.8 Å². The van der Waals surface area contributed by atoms with Crippen molar-refractivity contribution in [3.63, 3.8) is 0 Å². The standard InChI is InChI=1S/C25H38N4O3/c1-6-26-24(28-17-25(5,30)23-12-7-18(2)32-23)27-13-21-8-10-22(11-9-21)16-29-14-19(3)31-20(4)15-29/h7-12,19-20,30H,6,13-17H2,1-5H3,(H2,26,27,28). The normalized spacial score (nSPS) is 21.9. The Bertz CT molecular complexity index is 866. The van der Waals surface area contributed by atoms with Crippen LogP contribution in [0.15, 0.2) is 45.8 Å². The highest BCUT2D eigenvalue weighted by molar-refractivity contribution is 5.79. The Morgan fingerprint density at radius 1 is 1.09 bits per heavy atom. The first-order valence-corrected chi connectivity index (χ1v) is 11.5. The molecule has 0 bridgehead atoms. The van der Waals surface area contributed by atoms with Gasteiger partial charge in [0.1, 0.15) is 17.1 Å². The number of hydrogen-bond acceptors (Lipinski definition) is 5. The number of rotatable bonds is 8. The van der Waals surface area contributed by atoms with Crippen molar-refractivity contribution >= 4 is 5.96 Å². The van der Waals surface area contributed by atoms with Crippen LogP contribution in [0, 0.1) is 6.92 Å². The van der Waals surface area contributed by atoms with E-state index >= 15 is 0 Å². The first-order valence-electron chi connectivity index (χ1n) is 11.5. The molecule has 3 N–H and O–H groups in total. The monoisotopic (exact) mass is 442 g/mol. The molecule has 1 aliphatic rings. The lowest BCUT2D eigenvalue weighted by Crippen LogP contribution is -2.44. The molecule has 1 saturated heterocycles. The lowest BCUT2D eigenvalue weighted by atomic mass is 10.0. The van der Waals surface area contributed by atoms with Gasteiger partial charge in [-0.15, -0.1) is 0 Å². The SMILES string of the molecule is CCNC(=NCc1ccc(CN2CC(C)OC(C)C2)cc1)NCC(C)(O)c1ccc(C)o1. The molecule has 3 rings (SSSR count). The van der Waals surface area contributed by atoms with Gasteiger partial charge in [-0.3, -0.25) is 4.90 Å². The molecular formula is C25H38N4O3. The zero-order valence-electron chi connectivity index (χ0n) is 20.0. The van der Waals surface area contributed by atoms with Gasteiger partial charge in [0.15, 0.2) is 5.96 Å². The molecule has 2 aromatic rings. The molecule has 0 aliphatic carbocycles. The molecule has 3 unspecified atom stereocenters. The molecule has 3 atom stereocenters. The van der Waals surface area contributed by atoms with Crippen LogP contribution in [0.3, 0.4) is 0 Å². The van der Waals surface area contributed by atoms with Gasteiger partial charge in [0.25, 0.3) is 0 Å². The Balaban J connectivity index is 1.55. The second-order valence-corrected chi connectivity index (χ2v) is 9.00. The number of guanidine groups is 1. The van der Waals surface area contributed by atoms with E-state index in [1.54, 1.807) is 13.0 Å². The fourth-order valence-corrected chi connectivity index (χ4v) is 4.00. The average Bonchev–Trinajstić information content (AvgIpc) is 3.18. The van der Waals surface area contributed by atoms with Gasteiger partial charge in [0.2, 0.25) is 0 Å². The van der Waals surface area contributed by atoms with Gasteiger partial charge in [-0.05, 0) is 57.9 Å². The summed E-state index contributed by atoms with van der Waals surface area (Å²) in [5, 5.41) is 17.2. The van der Waals surface area contributed by atoms with Crippen LogP contribution in [0.4, 0.5) is 0 Å². The number of aliphatic imine (C=N–C) groups is 1. The summed E-state index contributed by atoms with van der Waals surface area (Å²) in [6.45, 7) is 14.4. The van der Waals surface area contributed by atoms with Crippen LogP contribution in [-0.2, 0) is 23.4 Å². The molecule has 0 spiro atoms. The Morgan fingerprint density at radius 2 is 1.75 bits per heavy atom. The van der Waals surface area contributed by atoms with Gasteiger partial charge >= 0.3 is 0 Å². The molecule has 176 valence electrons. The van der Waals surface area contributed by atoms with E-state index in [9.17, 15) is 5.11 Å². The van der Waals surface area contributed by atoms with Crippen LogP contribution in [-0.4, -0.2) is 54.4 Å². The number of ether oxygens (including phenoxy) is 1. The predicted octanol–water partition coefficient (Wildman–Crippen LogP) is 3.16. The number of nitrogens with one attached hydrogen (secondary N) is 2. The summed E-state index contributed by atoms with van der Waals surface area (Å²) in [5.74, 6) is 1.98. The molecular weight excluding hydrogens is 404 g/mol. The minimum atomic E-state index is -1.12. The first-order chi connectivity index (χ1) is 15.2. The van der Waals surface area contributed by atoms with Crippen LogP contribution in [0.1, 0.15) is 50.3 Å². The lowest BCUT2D eigenvalue weighted by molar-refractivity contribution is -0.0704. The van der Waals surface area contributed by atoms with E-state index in [1.807, 2.05) is 19.9 Å². The highest BCUT2D eigenvalue weighted by Crippen LogP contribution is 2.22. The zero-order valence-corrected chi connectivity index (χ0v) is 20.0. The van der Waals surface area contributed by atoms with Gasteiger partial charge in [-0.1, -0.05) is 24.3 Å². The Kier molecular flexibility index (Phi) is 8.34. The van der Waals surface area contributed by atoms with Crippen molar-refractivity contribution < 1.29 is 14.3 Å². The maximum atomic E-state index is 10.7. The van der Waals surface area contributed by atoms with Crippen molar-refractivity contribution in [3.8, 4) is 0 Å². The van der Waals surface area contributed by atoms with Crippen molar-refractivity contribution in [3.05, 3.63) is 59.0 Å². The minimum absolute atomic E-state index is 0.280. The first kappa shape index (κ1) is 24.3. The number of furan rings is 1. The van der Waals surface area contributed by atoms with E-state index in [1.165, 1.54) is 5.56 Å². The molecule has 0 radical (unpaired) electrons. The second kappa shape index (κ2) is 11.0. The summed E-state index contributed by atoms with van der Waals surface area (Å²) in [7, 11) is 0. The van der Waals surface area contributed by atoms with E-state index in [4.69, 9.17) is 9.15 Å². The number of nitrogens with zero attached hydrogens (tertiary/aromatic N) is 2. The van der Waals surface area contributed by atoms with Gasteiger partial charge in [-0.2, -0.15) is 0 Å². The van der Waals surface area contributed by atoms with Crippen LogP contribution in [0.25, 0.3) is 0 Å². The quantitative estimate of drug-likeness (QED) is 0.430. The van der Waals surface area contributed by atoms with Crippen molar-refractivity contribution in [1.29, 1.82) is 0 Å². The summed E-state index contributed by atoms with van der Waals surface area (Å²) < 4.78 is 11.4. The van der Waals surface area contributed by atoms with Crippen LogP contribution >= 0.6 is 0 Å². The molecule has 0 amide bonds. The van der Waals surface area contributed by atoms with Crippen molar-refractivity contribution in [1.82, 2.24) is 15.5 Å². The molecule has 1 aromatic heterocycles. The zero-order chi connectivity index (χ0) is 23.1.